The molecule has 4 amide bonds. The van der Waals surface area contributed by atoms with Crippen LogP contribution < -0.4 is 15.5 Å². The van der Waals surface area contributed by atoms with Crippen LogP contribution in [0.4, 0.5) is 16.2 Å². The summed E-state index contributed by atoms with van der Waals surface area (Å²) < 4.78 is 10.4. The number of fused-ring (bicyclic) bond motifs is 1. The number of nitrogens with one attached hydrogen (secondary N) is 2. The predicted molar refractivity (Wildman–Crippen MR) is 187 cm³/mol. The maximum absolute atomic E-state index is 14.2. The zero-order valence-electron chi connectivity index (χ0n) is 29.8. The molecule has 2 aromatic rings. The Hall–Kier alpha value is -4.45. The second-order valence-electron chi connectivity index (χ2n) is 14.1. The van der Waals surface area contributed by atoms with E-state index in [2.05, 4.69) is 10.6 Å². The average Bonchev–Trinajstić information content (AvgIpc) is 3.05. The first-order chi connectivity index (χ1) is 23.2. The van der Waals surface area contributed by atoms with E-state index < -0.39 is 23.7 Å². The minimum Gasteiger partial charge on any atom is -0.462 e. The molecule has 4 rings (SSSR count). The summed E-state index contributed by atoms with van der Waals surface area (Å²) in [4.78, 5) is 70.9. The van der Waals surface area contributed by atoms with Gasteiger partial charge in [0.25, 0.3) is 5.91 Å². The summed E-state index contributed by atoms with van der Waals surface area (Å²) in [5.74, 6) is -1.02. The molecule has 266 valence electrons. The molecule has 0 radical (unpaired) electrons. The highest BCUT2D eigenvalue weighted by molar-refractivity contribution is 6.00. The molecule has 0 bridgehead atoms. The molecule has 1 unspecified atom stereocenters. The molecule has 1 aliphatic heterocycles. The van der Waals surface area contributed by atoms with Gasteiger partial charge in [0.1, 0.15) is 11.6 Å². The number of hydrogen-bond donors (Lipinski definition) is 2. The van der Waals surface area contributed by atoms with Crippen LogP contribution in [0.2, 0.25) is 0 Å². The largest absolute Gasteiger partial charge is 0.462 e. The van der Waals surface area contributed by atoms with Crippen LogP contribution in [0.15, 0.2) is 42.5 Å². The Kier molecular flexibility index (Phi) is 12.4. The average molecular weight is 678 g/mol. The van der Waals surface area contributed by atoms with Gasteiger partial charge >= 0.3 is 12.1 Å². The normalized spacial score (nSPS) is 19.0. The van der Waals surface area contributed by atoms with Gasteiger partial charge in [-0.2, -0.15) is 0 Å². The summed E-state index contributed by atoms with van der Waals surface area (Å²) in [6, 6.07) is 11.1. The highest BCUT2D eigenvalue weighted by Crippen LogP contribution is 2.39. The van der Waals surface area contributed by atoms with Crippen molar-refractivity contribution in [3.8, 4) is 0 Å². The summed E-state index contributed by atoms with van der Waals surface area (Å²) >= 11 is 0. The van der Waals surface area contributed by atoms with Gasteiger partial charge in [0.15, 0.2) is 0 Å². The fourth-order valence-electron chi connectivity index (χ4n) is 6.50. The van der Waals surface area contributed by atoms with Gasteiger partial charge in [-0.3, -0.25) is 14.4 Å². The molecular formula is C37H51N5O7. The number of rotatable bonds is 10. The second kappa shape index (κ2) is 16.3. The standard InChI is InChI=1S/C37H51N5O7/c1-8-48-35(46)26-16-18-27(19-17-26)39-33(44)32-29-10-9-11-30(41(7)31(43)23-40(5)6)28(29)20-21-42(32)34(45)25-14-12-24(13-15-25)22-38-36(47)49-37(2,3)4/h9-11,16-19,24-25,32H,8,12-15,20-23H2,1-7H3,(H,38,47)(H,39,44)/t24-,25-,32?. The van der Waals surface area contributed by atoms with Crippen LogP contribution >= 0.6 is 0 Å². The molecule has 12 heteroatoms. The minimum absolute atomic E-state index is 0.0792. The number of anilines is 2. The van der Waals surface area contributed by atoms with Crippen molar-refractivity contribution >= 4 is 41.2 Å². The van der Waals surface area contributed by atoms with E-state index in [1.807, 2.05) is 53.1 Å². The van der Waals surface area contributed by atoms with E-state index in [-0.39, 0.29) is 42.7 Å². The van der Waals surface area contributed by atoms with Crippen molar-refractivity contribution in [1.29, 1.82) is 0 Å². The smallest absolute Gasteiger partial charge is 0.407 e. The quantitative estimate of drug-likeness (QED) is 0.343. The van der Waals surface area contributed by atoms with E-state index in [1.165, 1.54) is 0 Å². The molecule has 1 aliphatic carbocycles. The number of carbonyl (C=O) groups excluding carboxylic acids is 5. The maximum Gasteiger partial charge on any atom is 0.407 e. The van der Waals surface area contributed by atoms with Gasteiger partial charge in [-0.25, -0.2) is 9.59 Å². The summed E-state index contributed by atoms with van der Waals surface area (Å²) in [7, 11) is 5.40. The number of benzene rings is 2. The molecule has 1 fully saturated rings. The van der Waals surface area contributed by atoms with Gasteiger partial charge < -0.3 is 34.8 Å². The van der Waals surface area contributed by atoms with Crippen LogP contribution in [0.3, 0.4) is 0 Å². The minimum atomic E-state index is -0.926. The number of ether oxygens (including phenoxy) is 2. The zero-order chi connectivity index (χ0) is 35.9. The van der Waals surface area contributed by atoms with Crippen molar-refractivity contribution < 1.29 is 33.4 Å². The molecule has 12 nitrogen and oxygen atoms in total. The van der Waals surface area contributed by atoms with Crippen LogP contribution in [0.25, 0.3) is 0 Å². The molecule has 2 N–H and O–H groups in total. The van der Waals surface area contributed by atoms with Crippen molar-refractivity contribution in [2.24, 2.45) is 11.8 Å². The molecule has 1 heterocycles. The predicted octanol–water partition coefficient (Wildman–Crippen LogP) is 4.78. The van der Waals surface area contributed by atoms with E-state index in [4.69, 9.17) is 9.47 Å². The molecule has 49 heavy (non-hydrogen) atoms. The molecule has 2 aliphatic rings. The lowest BCUT2D eigenvalue weighted by atomic mass is 9.80. The Morgan fingerprint density at radius 3 is 2.22 bits per heavy atom. The lowest BCUT2D eigenvalue weighted by Crippen LogP contribution is -2.48. The molecular weight excluding hydrogens is 626 g/mol. The number of amides is 4. The maximum atomic E-state index is 14.2. The Morgan fingerprint density at radius 1 is 0.939 bits per heavy atom. The monoisotopic (exact) mass is 677 g/mol. The second-order valence-corrected chi connectivity index (χ2v) is 14.1. The Bertz CT molecular complexity index is 1510. The lowest BCUT2D eigenvalue weighted by molar-refractivity contribution is -0.144. The Labute approximate surface area is 289 Å². The number of nitrogens with zero attached hydrogens (tertiary/aromatic N) is 3. The first kappa shape index (κ1) is 37.4. The topological polar surface area (TPSA) is 138 Å². The SMILES string of the molecule is CCOC(=O)c1ccc(NC(=O)C2c3cccc(N(C)C(=O)CN(C)C)c3CCN2C(=O)[C@H]2CC[C@H](CNC(=O)OC(C)(C)C)CC2)cc1. The van der Waals surface area contributed by atoms with Gasteiger partial charge in [0.05, 0.1) is 18.7 Å². The van der Waals surface area contributed by atoms with Crippen molar-refractivity contribution in [2.45, 2.75) is 71.4 Å². The first-order valence-electron chi connectivity index (χ1n) is 17.1. The van der Waals surface area contributed by atoms with E-state index in [9.17, 15) is 24.0 Å². The molecule has 1 atom stereocenters. The van der Waals surface area contributed by atoms with Crippen molar-refractivity contribution in [1.82, 2.24) is 15.1 Å². The molecule has 1 saturated carbocycles. The number of esters is 1. The molecule has 0 aromatic heterocycles. The van der Waals surface area contributed by atoms with Gasteiger partial charge in [-0.1, -0.05) is 12.1 Å². The number of likely N-dealkylation sites (N-methyl/N-ethyl adjacent to an activating group) is 2. The van der Waals surface area contributed by atoms with Gasteiger partial charge in [0, 0.05) is 37.4 Å². The summed E-state index contributed by atoms with van der Waals surface area (Å²) in [6.07, 6.45) is 2.87. The summed E-state index contributed by atoms with van der Waals surface area (Å²) in [6.45, 7) is 8.48. The summed E-state index contributed by atoms with van der Waals surface area (Å²) in [5, 5.41) is 5.82. The van der Waals surface area contributed by atoms with Crippen molar-refractivity contribution in [3.05, 3.63) is 59.2 Å². The van der Waals surface area contributed by atoms with Gasteiger partial charge in [-0.15, -0.1) is 0 Å². The Morgan fingerprint density at radius 2 is 1.61 bits per heavy atom. The van der Waals surface area contributed by atoms with Crippen LogP contribution in [-0.4, -0.2) is 92.6 Å². The van der Waals surface area contributed by atoms with E-state index in [0.29, 0.717) is 54.9 Å². The number of carbonyl (C=O) groups is 5. The third kappa shape index (κ3) is 9.81. The fourth-order valence-corrected chi connectivity index (χ4v) is 6.50. The Balaban J connectivity index is 1.55. The zero-order valence-corrected chi connectivity index (χ0v) is 29.8. The van der Waals surface area contributed by atoms with Crippen LogP contribution in [0.1, 0.15) is 80.9 Å². The fraction of sp³-hybridized carbons (Fsp3) is 0.541. The number of alkyl carbamates (subject to hydrolysis) is 1. The van der Waals surface area contributed by atoms with E-state index in [1.54, 1.807) is 52.9 Å². The van der Waals surface area contributed by atoms with Crippen molar-refractivity contribution in [2.75, 3.05) is 57.6 Å². The van der Waals surface area contributed by atoms with Crippen LogP contribution in [0, 0.1) is 11.8 Å². The highest BCUT2D eigenvalue weighted by Gasteiger charge is 2.40. The number of hydrogen-bond acceptors (Lipinski definition) is 8. The molecule has 0 saturated heterocycles. The molecule has 0 spiro atoms. The van der Waals surface area contributed by atoms with E-state index >= 15 is 0 Å². The van der Waals surface area contributed by atoms with E-state index in [0.717, 1.165) is 18.4 Å². The third-order valence-corrected chi connectivity index (χ3v) is 8.91. The molecule has 2 aromatic carbocycles. The van der Waals surface area contributed by atoms with Gasteiger partial charge in [0.2, 0.25) is 11.8 Å². The summed E-state index contributed by atoms with van der Waals surface area (Å²) in [5.41, 5.74) is 2.52. The third-order valence-electron chi connectivity index (χ3n) is 8.91. The lowest BCUT2D eigenvalue weighted by Gasteiger charge is -2.40. The van der Waals surface area contributed by atoms with Crippen LogP contribution in [0.5, 0.6) is 0 Å². The van der Waals surface area contributed by atoms with Crippen molar-refractivity contribution in [3.63, 3.8) is 0 Å². The highest BCUT2D eigenvalue weighted by atomic mass is 16.6. The van der Waals surface area contributed by atoms with Gasteiger partial charge in [-0.05, 0) is 121 Å². The first-order valence-corrected chi connectivity index (χ1v) is 17.1. The van der Waals surface area contributed by atoms with Crippen LogP contribution in [-0.2, 0) is 30.3 Å².